The molecule has 5 nitrogen and oxygen atoms in total. The molecule has 0 aliphatic carbocycles. The van der Waals surface area contributed by atoms with E-state index in [0.29, 0.717) is 18.8 Å². The van der Waals surface area contributed by atoms with Crippen molar-refractivity contribution >= 4 is 10.0 Å². The molecule has 1 fully saturated rings. The monoisotopic (exact) mass is 370 g/mol. The predicted octanol–water partition coefficient (Wildman–Crippen LogP) is 3.04. The average Bonchev–Trinajstić information content (AvgIpc) is 3.09. The number of nitrogens with one attached hydrogen (secondary N) is 1. The number of sulfonamides is 1. The van der Waals surface area contributed by atoms with Crippen molar-refractivity contribution in [3.8, 4) is 17.2 Å². The van der Waals surface area contributed by atoms with E-state index in [2.05, 4.69) is 10.8 Å². The third kappa shape index (κ3) is 3.96. The van der Waals surface area contributed by atoms with Crippen LogP contribution in [0.4, 0.5) is 0 Å². The van der Waals surface area contributed by atoms with Crippen molar-refractivity contribution in [2.45, 2.75) is 31.1 Å². The average molecular weight is 370 g/mol. The van der Waals surface area contributed by atoms with E-state index < -0.39 is 15.3 Å². The van der Waals surface area contributed by atoms with Gasteiger partial charge in [-0.25, -0.2) is 13.1 Å². The summed E-state index contributed by atoms with van der Waals surface area (Å²) in [6.07, 6.45) is 0. The quantitative estimate of drug-likeness (QED) is 0.877. The van der Waals surface area contributed by atoms with Gasteiger partial charge in [-0.15, -0.1) is 0 Å². The van der Waals surface area contributed by atoms with Crippen molar-refractivity contribution in [2.24, 2.45) is 0 Å². The van der Waals surface area contributed by atoms with Crippen LogP contribution in [0.3, 0.4) is 0 Å². The lowest BCUT2D eigenvalue weighted by atomic mass is 9.93. The summed E-state index contributed by atoms with van der Waals surface area (Å²) in [5.74, 6) is -0.00135. The molecule has 2 aromatic rings. The van der Waals surface area contributed by atoms with E-state index in [0.717, 1.165) is 16.7 Å². The molecule has 1 aliphatic heterocycles. The predicted molar refractivity (Wildman–Crippen MR) is 101 cm³/mol. The van der Waals surface area contributed by atoms with Gasteiger partial charge in [0.1, 0.15) is 0 Å². The molecule has 136 valence electrons. The second-order valence-electron chi connectivity index (χ2n) is 6.77. The molecular weight excluding hydrogens is 348 g/mol. The minimum atomic E-state index is -3.34. The van der Waals surface area contributed by atoms with E-state index in [4.69, 9.17) is 10.00 Å². The normalized spacial score (nSPS) is 20.2. The molecule has 2 atom stereocenters. The molecule has 0 bridgehead atoms. The molecule has 0 spiro atoms. The maximum Gasteiger partial charge on any atom is 0.214 e. The molecular formula is C20H22N2O3S. The Morgan fingerprint density at radius 2 is 1.62 bits per heavy atom. The molecule has 1 unspecified atom stereocenters. The lowest BCUT2D eigenvalue weighted by molar-refractivity contribution is 0.189. The van der Waals surface area contributed by atoms with Gasteiger partial charge in [0.05, 0.1) is 36.1 Å². The number of nitriles is 1. The highest BCUT2D eigenvalue weighted by Crippen LogP contribution is 2.29. The molecule has 1 saturated heterocycles. The van der Waals surface area contributed by atoms with E-state index in [1.807, 2.05) is 36.4 Å². The van der Waals surface area contributed by atoms with Crippen LogP contribution in [-0.4, -0.2) is 32.9 Å². The molecule has 3 rings (SSSR count). The minimum absolute atomic E-state index is 0.00135. The molecule has 0 radical (unpaired) electrons. The van der Waals surface area contributed by atoms with Crippen molar-refractivity contribution in [3.63, 3.8) is 0 Å². The second kappa shape index (κ2) is 7.58. The Labute approximate surface area is 154 Å². The molecule has 0 saturated carbocycles. The van der Waals surface area contributed by atoms with Gasteiger partial charge in [-0.3, -0.25) is 0 Å². The summed E-state index contributed by atoms with van der Waals surface area (Å²) in [5, 5.41) is 8.42. The van der Waals surface area contributed by atoms with Crippen LogP contribution in [0, 0.1) is 11.3 Å². The minimum Gasteiger partial charge on any atom is -0.379 e. The third-order valence-electron chi connectivity index (χ3n) is 4.70. The lowest BCUT2D eigenvalue weighted by Crippen LogP contribution is -2.42. The van der Waals surface area contributed by atoms with Crippen LogP contribution in [0.15, 0.2) is 48.5 Å². The maximum absolute atomic E-state index is 12.2. The van der Waals surface area contributed by atoms with E-state index in [1.54, 1.807) is 26.0 Å². The Balaban J connectivity index is 1.78. The standard InChI is InChI=1S/C20H22N2O3S/c1-14(2)26(23,24)22-20-13-25-12-19(20)18-9-7-17(8-10-18)16-5-3-15(11-21)4-6-16/h3-10,14,19-20,22H,12-13H2,1-2H3/t19-,20?/m1/s1. The number of nitrogens with zero attached hydrogens (tertiary/aromatic N) is 1. The van der Waals surface area contributed by atoms with Crippen LogP contribution in [0.5, 0.6) is 0 Å². The SMILES string of the molecule is CC(C)S(=O)(=O)NC1COC[C@@H]1c1ccc(-c2ccc(C#N)cc2)cc1. The van der Waals surface area contributed by atoms with Gasteiger partial charge in [0, 0.05) is 5.92 Å². The number of hydrogen-bond donors (Lipinski definition) is 1. The summed E-state index contributed by atoms with van der Waals surface area (Å²) < 4.78 is 32.6. The Morgan fingerprint density at radius 3 is 2.15 bits per heavy atom. The highest BCUT2D eigenvalue weighted by atomic mass is 32.2. The van der Waals surface area contributed by atoms with Gasteiger partial charge in [-0.1, -0.05) is 36.4 Å². The second-order valence-corrected chi connectivity index (χ2v) is 9.04. The number of benzene rings is 2. The summed E-state index contributed by atoms with van der Waals surface area (Å²) in [7, 11) is -3.34. The number of rotatable bonds is 5. The van der Waals surface area contributed by atoms with E-state index in [1.165, 1.54) is 0 Å². The fourth-order valence-electron chi connectivity index (χ4n) is 3.01. The van der Waals surface area contributed by atoms with Crippen LogP contribution in [0.25, 0.3) is 11.1 Å². The van der Waals surface area contributed by atoms with Crippen molar-refractivity contribution < 1.29 is 13.2 Å². The summed E-state index contributed by atoms with van der Waals surface area (Å²) in [5.41, 5.74) is 3.77. The third-order valence-corrected chi connectivity index (χ3v) is 6.58. The largest absolute Gasteiger partial charge is 0.379 e. The maximum atomic E-state index is 12.2. The lowest BCUT2D eigenvalue weighted by Gasteiger charge is -2.21. The summed E-state index contributed by atoms with van der Waals surface area (Å²) >= 11 is 0. The Kier molecular flexibility index (Phi) is 5.42. The fourth-order valence-corrected chi connectivity index (χ4v) is 3.93. The molecule has 1 heterocycles. The Morgan fingerprint density at radius 1 is 1.04 bits per heavy atom. The first kappa shape index (κ1) is 18.6. The summed E-state index contributed by atoms with van der Waals surface area (Å²) in [4.78, 5) is 0. The fraction of sp³-hybridized carbons (Fsp3) is 0.350. The molecule has 0 aromatic heterocycles. The Hall–Kier alpha value is -2.20. The molecule has 1 aliphatic rings. The van der Waals surface area contributed by atoms with Gasteiger partial charge in [-0.05, 0) is 42.7 Å². The van der Waals surface area contributed by atoms with Crippen LogP contribution in [-0.2, 0) is 14.8 Å². The first-order valence-electron chi connectivity index (χ1n) is 8.60. The van der Waals surface area contributed by atoms with Crippen LogP contribution in [0.2, 0.25) is 0 Å². The van der Waals surface area contributed by atoms with Crippen LogP contribution < -0.4 is 4.72 Å². The van der Waals surface area contributed by atoms with E-state index in [-0.39, 0.29) is 12.0 Å². The van der Waals surface area contributed by atoms with Gasteiger partial charge in [0.15, 0.2) is 0 Å². The molecule has 1 N–H and O–H groups in total. The molecule has 26 heavy (non-hydrogen) atoms. The van der Waals surface area contributed by atoms with E-state index >= 15 is 0 Å². The zero-order chi connectivity index (χ0) is 18.7. The number of ether oxygens (including phenoxy) is 1. The molecule has 6 heteroatoms. The van der Waals surface area contributed by atoms with Gasteiger partial charge in [-0.2, -0.15) is 5.26 Å². The van der Waals surface area contributed by atoms with Crippen molar-refractivity contribution in [1.29, 1.82) is 5.26 Å². The highest BCUT2D eigenvalue weighted by molar-refractivity contribution is 7.90. The molecule has 0 amide bonds. The van der Waals surface area contributed by atoms with Crippen LogP contribution >= 0.6 is 0 Å². The summed E-state index contributed by atoms with van der Waals surface area (Å²) in [6.45, 7) is 4.22. The van der Waals surface area contributed by atoms with E-state index in [9.17, 15) is 8.42 Å². The van der Waals surface area contributed by atoms with Gasteiger partial charge < -0.3 is 4.74 Å². The summed E-state index contributed by atoms with van der Waals surface area (Å²) in [6, 6.07) is 17.4. The van der Waals surface area contributed by atoms with Crippen molar-refractivity contribution in [1.82, 2.24) is 4.72 Å². The number of hydrogen-bond acceptors (Lipinski definition) is 4. The van der Waals surface area contributed by atoms with Crippen molar-refractivity contribution in [2.75, 3.05) is 13.2 Å². The van der Waals surface area contributed by atoms with Crippen LogP contribution in [0.1, 0.15) is 30.9 Å². The Bertz CT molecular complexity index is 898. The smallest absolute Gasteiger partial charge is 0.214 e. The van der Waals surface area contributed by atoms with Gasteiger partial charge in [0.2, 0.25) is 10.0 Å². The first-order valence-corrected chi connectivity index (χ1v) is 10.1. The highest BCUT2D eigenvalue weighted by Gasteiger charge is 2.33. The van der Waals surface area contributed by atoms with Crippen molar-refractivity contribution in [3.05, 3.63) is 59.7 Å². The first-order chi connectivity index (χ1) is 12.4. The zero-order valence-electron chi connectivity index (χ0n) is 14.8. The van der Waals surface area contributed by atoms with Gasteiger partial charge >= 0.3 is 0 Å². The zero-order valence-corrected chi connectivity index (χ0v) is 15.7. The van der Waals surface area contributed by atoms with Gasteiger partial charge in [0.25, 0.3) is 0 Å². The molecule has 2 aromatic carbocycles. The topological polar surface area (TPSA) is 79.2 Å².